The molecule has 0 radical (unpaired) electrons. The Hall–Kier alpha value is -1.30. The molecule has 1 amide bonds. The molecule has 142 valence electrons. The fraction of sp³-hybridized carbons (Fsp3) is 0.632. The van der Waals surface area contributed by atoms with Gasteiger partial charge in [0.2, 0.25) is 0 Å². The zero-order chi connectivity index (χ0) is 17.0. The van der Waals surface area contributed by atoms with Crippen LogP contribution in [-0.4, -0.2) is 51.9 Å². The van der Waals surface area contributed by atoms with E-state index in [4.69, 9.17) is 9.47 Å². The first kappa shape index (κ1) is 21.7. The van der Waals surface area contributed by atoms with E-state index in [-0.39, 0.29) is 18.3 Å². The molecule has 1 fully saturated rings. The lowest BCUT2D eigenvalue weighted by Gasteiger charge is -2.23. The summed E-state index contributed by atoms with van der Waals surface area (Å²) in [5.74, 6) is 0.818. The summed E-state index contributed by atoms with van der Waals surface area (Å²) in [5, 5.41) is 2.99. The number of ether oxygens (including phenoxy) is 2. The molecule has 0 unspecified atom stereocenters. The molecule has 2 rings (SSSR count). The first-order valence-electron chi connectivity index (χ1n) is 9.22. The lowest BCUT2D eigenvalue weighted by atomic mass is 10.2. The number of morpholine rings is 1. The second kappa shape index (κ2) is 13.0. The van der Waals surface area contributed by atoms with Crippen molar-refractivity contribution in [1.29, 1.82) is 0 Å². The Morgan fingerprint density at radius 1 is 1.16 bits per heavy atom. The van der Waals surface area contributed by atoms with Crippen molar-refractivity contribution >= 4 is 5.91 Å². The van der Waals surface area contributed by atoms with Gasteiger partial charge < -0.3 is 32.1 Å². The maximum absolute atomic E-state index is 12.1. The van der Waals surface area contributed by atoms with Crippen LogP contribution in [0.4, 0.5) is 0 Å². The number of carbonyl (C=O) groups is 1. The molecule has 1 aliphatic heterocycles. The zero-order valence-electron chi connectivity index (χ0n) is 15.2. The Morgan fingerprint density at radius 3 is 2.56 bits per heavy atom. The van der Waals surface area contributed by atoms with Gasteiger partial charge in [0, 0.05) is 5.56 Å². The SMILES string of the molecule is CCCCCCOc1ccc(C(=O)NCC[NH+]2CCOCC2)cc1.[Cl-]. The van der Waals surface area contributed by atoms with Crippen LogP contribution in [0.1, 0.15) is 43.0 Å². The van der Waals surface area contributed by atoms with Crippen LogP contribution in [0.2, 0.25) is 0 Å². The maximum atomic E-state index is 12.1. The normalized spacial score (nSPS) is 14.6. The molecule has 0 atom stereocenters. The van der Waals surface area contributed by atoms with Crippen LogP contribution in [-0.2, 0) is 4.74 Å². The van der Waals surface area contributed by atoms with Gasteiger partial charge >= 0.3 is 0 Å². The Bertz CT molecular complexity index is 476. The summed E-state index contributed by atoms with van der Waals surface area (Å²) < 4.78 is 11.0. The summed E-state index contributed by atoms with van der Waals surface area (Å²) in [6.45, 7) is 8.30. The first-order valence-corrected chi connectivity index (χ1v) is 9.22. The lowest BCUT2D eigenvalue weighted by Crippen LogP contribution is -3.14. The average molecular weight is 371 g/mol. The Labute approximate surface area is 157 Å². The molecule has 2 N–H and O–H groups in total. The average Bonchev–Trinajstić information content (AvgIpc) is 2.63. The molecule has 0 aromatic heterocycles. The number of unbranched alkanes of at least 4 members (excludes halogenated alkanes) is 3. The Kier molecular flexibility index (Phi) is 11.3. The number of quaternary nitrogens is 1. The second-order valence-corrected chi connectivity index (χ2v) is 6.30. The molecule has 6 heteroatoms. The third-order valence-electron chi connectivity index (χ3n) is 4.35. The van der Waals surface area contributed by atoms with Gasteiger partial charge in [-0.05, 0) is 30.7 Å². The summed E-state index contributed by atoms with van der Waals surface area (Å²) in [4.78, 5) is 13.6. The van der Waals surface area contributed by atoms with Gasteiger partial charge in [-0.2, -0.15) is 0 Å². The van der Waals surface area contributed by atoms with Crippen molar-refractivity contribution in [3.63, 3.8) is 0 Å². The minimum absolute atomic E-state index is 0. The van der Waals surface area contributed by atoms with Gasteiger partial charge in [0.15, 0.2) is 0 Å². The smallest absolute Gasteiger partial charge is 0.251 e. The number of nitrogens with one attached hydrogen (secondary N) is 2. The molecule has 1 aromatic carbocycles. The van der Waals surface area contributed by atoms with Gasteiger partial charge in [0.05, 0.1) is 32.9 Å². The van der Waals surface area contributed by atoms with E-state index >= 15 is 0 Å². The zero-order valence-corrected chi connectivity index (χ0v) is 15.9. The predicted octanol–water partition coefficient (Wildman–Crippen LogP) is -1.71. The van der Waals surface area contributed by atoms with Crippen LogP contribution in [0.3, 0.4) is 0 Å². The quantitative estimate of drug-likeness (QED) is 0.482. The van der Waals surface area contributed by atoms with Crippen molar-refractivity contribution in [2.45, 2.75) is 32.6 Å². The fourth-order valence-corrected chi connectivity index (χ4v) is 2.79. The first-order chi connectivity index (χ1) is 11.8. The highest BCUT2D eigenvalue weighted by Gasteiger charge is 2.13. The maximum Gasteiger partial charge on any atom is 0.251 e. The van der Waals surface area contributed by atoms with Gasteiger partial charge in [-0.3, -0.25) is 4.79 Å². The monoisotopic (exact) mass is 370 g/mol. The number of benzene rings is 1. The van der Waals surface area contributed by atoms with Gasteiger partial charge in [0.1, 0.15) is 18.8 Å². The van der Waals surface area contributed by atoms with Crippen LogP contribution in [0.25, 0.3) is 0 Å². The number of hydrogen-bond acceptors (Lipinski definition) is 3. The van der Waals surface area contributed by atoms with Crippen molar-refractivity contribution in [1.82, 2.24) is 5.32 Å². The highest BCUT2D eigenvalue weighted by Crippen LogP contribution is 2.13. The van der Waals surface area contributed by atoms with E-state index in [1.165, 1.54) is 24.2 Å². The van der Waals surface area contributed by atoms with Crippen molar-refractivity contribution < 1.29 is 31.6 Å². The highest BCUT2D eigenvalue weighted by molar-refractivity contribution is 5.94. The summed E-state index contributed by atoms with van der Waals surface area (Å²) in [6.07, 6.45) is 4.79. The van der Waals surface area contributed by atoms with Crippen LogP contribution >= 0.6 is 0 Å². The molecule has 1 heterocycles. The summed E-state index contributed by atoms with van der Waals surface area (Å²) in [5.41, 5.74) is 0.685. The number of rotatable bonds is 10. The van der Waals surface area contributed by atoms with E-state index in [1.807, 2.05) is 24.3 Å². The molecular weight excluding hydrogens is 340 g/mol. The minimum Gasteiger partial charge on any atom is -1.00 e. The molecule has 5 nitrogen and oxygen atoms in total. The number of amides is 1. The molecule has 0 bridgehead atoms. The van der Waals surface area contributed by atoms with Crippen LogP contribution < -0.4 is 27.4 Å². The van der Waals surface area contributed by atoms with Gasteiger partial charge in [0.25, 0.3) is 5.91 Å². The van der Waals surface area contributed by atoms with Crippen molar-refractivity contribution in [3.05, 3.63) is 29.8 Å². The van der Waals surface area contributed by atoms with Gasteiger partial charge in [-0.1, -0.05) is 26.2 Å². The summed E-state index contributed by atoms with van der Waals surface area (Å²) in [6, 6.07) is 7.42. The molecular formula is C19H31ClN2O3. The topological polar surface area (TPSA) is 52.0 Å². The summed E-state index contributed by atoms with van der Waals surface area (Å²) >= 11 is 0. The number of halogens is 1. The lowest BCUT2D eigenvalue weighted by molar-refractivity contribution is -0.906. The van der Waals surface area contributed by atoms with Crippen LogP contribution in [0.15, 0.2) is 24.3 Å². The van der Waals surface area contributed by atoms with Gasteiger partial charge in [-0.15, -0.1) is 0 Å². The molecule has 0 spiro atoms. The van der Waals surface area contributed by atoms with Crippen molar-refractivity contribution in [2.75, 3.05) is 46.0 Å². The van der Waals surface area contributed by atoms with E-state index < -0.39 is 0 Å². The fourth-order valence-electron chi connectivity index (χ4n) is 2.79. The van der Waals surface area contributed by atoms with E-state index in [9.17, 15) is 4.79 Å². The van der Waals surface area contributed by atoms with Gasteiger partial charge in [-0.25, -0.2) is 0 Å². The van der Waals surface area contributed by atoms with E-state index in [0.29, 0.717) is 12.1 Å². The number of hydrogen-bond donors (Lipinski definition) is 2. The third-order valence-corrected chi connectivity index (χ3v) is 4.35. The molecule has 25 heavy (non-hydrogen) atoms. The molecule has 1 aromatic rings. The van der Waals surface area contributed by atoms with E-state index in [0.717, 1.165) is 51.6 Å². The van der Waals surface area contributed by atoms with Crippen molar-refractivity contribution in [3.8, 4) is 5.75 Å². The molecule has 1 saturated heterocycles. The van der Waals surface area contributed by atoms with Crippen LogP contribution in [0.5, 0.6) is 5.75 Å². The highest BCUT2D eigenvalue weighted by atomic mass is 35.5. The van der Waals surface area contributed by atoms with E-state index in [1.54, 1.807) is 0 Å². The molecule has 0 aliphatic carbocycles. The Morgan fingerprint density at radius 2 is 1.88 bits per heavy atom. The standard InChI is InChI=1S/C19H30N2O3.ClH/c1-2-3-4-5-14-24-18-8-6-17(7-9-18)19(22)20-10-11-21-12-15-23-16-13-21;/h6-9H,2-5,10-16H2,1H3,(H,20,22);1H. The largest absolute Gasteiger partial charge is 1.00 e. The summed E-state index contributed by atoms with van der Waals surface area (Å²) in [7, 11) is 0. The minimum atomic E-state index is -0.0165. The van der Waals surface area contributed by atoms with Crippen LogP contribution in [0, 0.1) is 0 Å². The number of carbonyl (C=O) groups excluding carboxylic acids is 1. The predicted molar refractivity (Wildman–Crippen MR) is 94.8 cm³/mol. The molecule has 0 saturated carbocycles. The molecule has 1 aliphatic rings. The Balaban J connectivity index is 0.00000312. The van der Waals surface area contributed by atoms with Crippen molar-refractivity contribution in [2.24, 2.45) is 0 Å². The third kappa shape index (κ3) is 8.56. The second-order valence-electron chi connectivity index (χ2n) is 6.30. The van der Waals surface area contributed by atoms with E-state index in [2.05, 4.69) is 12.2 Å².